The van der Waals surface area contributed by atoms with Gasteiger partial charge in [-0.25, -0.2) is 4.79 Å². The Bertz CT molecular complexity index is 707. The summed E-state index contributed by atoms with van der Waals surface area (Å²) in [6.45, 7) is 1.27. The largest absolute Gasteiger partial charge is 0.396 e. The number of nitrogens with one attached hydrogen (secondary N) is 1. The average Bonchev–Trinajstić information content (AvgIpc) is 3.17. The molecule has 3 rings (SSSR count). The lowest BCUT2D eigenvalue weighted by molar-refractivity contribution is 0.126. The number of carbonyl (C=O) groups excluding carboxylic acids is 1. The summed E-state index contributed by atoms with van der Waals surface area (Å²) in [4.78, 5) is 14.1. The number of amides is 2. The SMILES string of the molecule is CN(Cc1ccc(-c2ccccc2)cc1)C(=O)NCC1(CO)CCCC1. The van der Waals surface area contributed by atoms with Crippen LogP contribution in [-0.2, 0) is 6.54 Å². The van der Waals surface area contributed by atoms with E-state index in [2.05, 4.69) is 41.7 Å². The number of benzene rings is 2. The molecule has 2 aromatic carbocycles. The number of carbonyl (C=O) groups is 1. The maximum atomic E-state index is 12.4. The molecule has 4 heteroatoms. The van der Waals surface area contributed by atoms with E-state index in [1.54, 1.807) is 11.9 Å². The molecule has 4 nitrogen and oxygen atoms in total. The Morgan fingerprint density at radius 1 is 1.04 bits per heavy atom. The van der Waals surface area contributed by atoms with Gasteiger partial charge in [0.1, 0.15) is 0 Å². The van der Waals surface area contributed by atoms with Gasteiger partial charge in [-0.1, -0.05) is 67.4 Å². The number of hydrogen-bond donors (Lipinski definition) is 2. The van der Waals surface area contributed by atoms with Crippen LogP contribution in [0.25, 0.3) is 11.1 Å². The molecule has 0 atom stereocenters. The van der Waals surface area contributed by atoms with E-state index in [1.165, 1.54) is 11.1 Å². The number of nitrogens with zero attached hydrogens (tertiary/aromatic N) is 1. The van der Waals surface area contributed by atoms with Gasteiger partial charge in [0.2, 0.25) is 0 Å². The van der Waals surface area contributed by atoms with Crippen LogP contribution in [0.15, 0.2) is 54.6 Å². The molecule has 0 bridgehead atoms. The van der Waals surface area contributed by atoms with E-state index in [-0.39, 0.29) is 18.1 Å². The van der Waals surface area contributed by atoms with Crippen LogP contribution in [0.3, 0.4) is 0 Å². The lowest BCUT2D eigenvalue weighted by Crippen LogP contribution is -2.43. The fourth-order valence-electron chi connectivity index (χ4n) is 3.69. The molecule has 0 saturated heterocycles. The normalized spacial score (nSPS) is 15.6. The summed E-state index contributed by atoms with van der Waals surface area (Å²) >= 11 is 0. The van der Waals surface area contributed by atoms with Crippen LogP contribution in [-0.4, -0.2) is 36.2 Å². The van der Waals surface area contributed by atoms with Gasteiger partial charge in [-0.2, -0.15) is 0 Å². The molecular weight excluding hydrogens is 324 g/mol. The Labute approximate surface area is 155 Å². The minimum atomic E-state index is -0.117. The van der Waals surface area contributed by atoms with Gasteiger partial charge in [0.15, 0.2) is 0 Å². The van der Waals surface area contributed by atoms with Gasteiger partial charge in [-0.3, -0.25) is 0 Å². The third kappa shape index (κ3) is 4.44. The highest BCUT2D eigenvalue weighted by Gasteiger charge is 2.33. The van der Waals surface area contributed by atoms with Crippen molar-refractivity contribution in [1.82, 2.24) is 10.2 Å². The average molecular weight is 352 g/mol. The Kier molecular flexibility index (Phi) is 5.94. The fraction of sp³-hybridized carbons (Fsp3) is 0.409. The van der Waals surface area contributed by atoms with Gasteiger partial charge in [0, 0.05) is 25.6 Å². The first kappa shape index (κ1) is 18.5. The summed E-state index contributed by atoms with van der Waals surface area (Å²) in [5, 5.41) is 12.7. The van der Waals surface area contributed by atoms with Gasteiger partial charge in [0.25, 0.3) is 0 Å². The van der Waals surface area contributed by atoms with Crippen LogP contribution in [0.5, 0.6) is 0 Å². The van der Waals surface area contributed by atoms with Gasteiger partial charge in [-0.05, 0) is 29.5 Å². The molecule has 1 aliphatic rings. The van der Waals surface area contributed by atoms with E-state index in [0.29, 0.717) is 13.1 Å². The Morgan fingerprint density at radius 2 is 1.65 bits per heavy atom. The van der Waals surface area contributed by atoms with Gasteiger partial charge >= 0.3 is 6.03 Å². The minimum absolute atomic E-state index is 0.0862. The zero-order valence-corrected chi connectivity index (χ0v) is 15.4. The minimum Gasteiger partial charge on any atom is -0.396 e. The molecule has 2 amide bonds. The van der Waals surface area contributed by atoms with E-state index in [0.717, 1.165) is 31.2 Å². The van der Waals surface area contributed by atoms with Crippen LogP contribution in [0.2, 0.25) is 0 Å². The van der Waals surface area contributed by atoms with Crippen molar-refractivity contribution in [3.05, 3.63) is 60.2 Å². The van der Waals surface area contributed by atoms with E-state index < -0.39 is 0 Å². The first-order valence-electron chi connectivity index (χ1n) is 9.36. The van der Waals surface area contributed by atoms with Crippen molar-refractivity contribution in [3.63, 3.8) is 0 Å². The summed E-state index contributed by atoms with van der Waals surface area (Å²) in [6, 6.07) is 18.5. The topological polar surface area (TPSA) is 52.6 Å². The number of aliphatic hydroxyl groups is 1. The van der Waals surface area contributed by atoms with Gasteiger partial charge < -0.3 is 15.3 Å². The number of urea groups is 1. The second-order valence-electron chi connectivity index (χ2n) is 7.44. The molecule has 0 spiro atoms. The highest BCUT2D eigenvalue weighted by molar-refractivity contribution is 5.74. The Morgan fingerprint density at radius 3 is 2.27 bits per heavy atom. The number of rotatable bonds is 6. The van der Waals surface area contributed by atoms with E-state index >= 15 is 0 Å². The summed E-state index contributed by atoms with van der Waals surface area (Å²) < 4.78 is 0. The smallest absolute Gasteiger partial charge is 0.317 e. The maximum Gasteiger partial charge on any atom is 0.317 e. The second kappa shape index (κ2) is 8.37. The van der Waals surface area contributed by atoms with Crippen molar-refractivity contribution in [3.8, 4) is 11.1 Å². The molecule has 0 heterocycles. The molecular formula is C22H28N2O2. The molecule has 1 aliphatic carbocycles. The Hall–Kier alpha value is -2.33. The van der Waals surface area contributed by atoms with Crippen molar-refractivity contribution in [2.24, 2.45) is 5.41 Å². The monoisotopic (exact) mass is 352 g/mol. The molecule has 2 aromatic rings. The summed E-state index contributed by atoms with van der Waals surface area (Å²) in [5.74, 6) is 0. The summed E-state index contributed by atoms with van der Waals surface area (Å²) in [7, 11) is 1.81. The molecule has 0 aliphatic heterocycles. The van der Waals surface area contributed by atoms with Crippen molar-refractivity contribution in [2.75, 3.05) is 20.2 Å². The van der Waals surface area contributed by atoms with Crippen LogP contribution in [0.4, 0.5) is 4.79 Å². The molecule has 26 heavy (non-hydrogen) atoms. The van der Waals surface area contributed by atoms with Crippen molar-refractivity contribution < 1.29 is 9.90 Å². The lowest BCUT2D eigenvalue weighted by atomic mass is 9.87. The highest BCUT2D eigenvalue weighted by Crippen LogP contribution is 2.36. The maximum absolute atomic E-state index is 12.4. The third-order valence-electron chi connectivity index (χ3n) is 5.44. The van der Waals surface area contributed by atoms with Crippen LogP contribution < -0.4 is 5.32 Å². The summed E-state index contributed by atoms with van der Waals surface area (Å²) in [6.07, 6.45) is 4.27. The lowest BCUT2D eigenvalue weighted by Gasteiger charge is -2.28. The first-order chi connectivity index (χ1) is 12.6. The number of hydrogen-bond acceptors (Lipinski definition) is 2. The molecule has 0 aromatic heterocycles. The molecule has 1 saturated carbocycles. The molecule has 1 fully saturated rings. The standard InChI is InChI=1S/C22H28N2O2/c1-24(21(26)23-16-22(17-25)13-5-6-14-22)15-18-9-11-20(12-10-18)19-7-3-2-4-8-19/h2-4,7-12,25H,5-6,13-17H2,1H3,(H,23,26). The van der Waals surface area contributed by atoms with Crippen LogP contribution in [0.1, 0.15) is 31.2 Å². The predicted molar refractivity (Wildman–Crippen MR) is 105 cm³/mol. The molecule has 0 radical (unpaired) electrons. The number of aliphatic hydroxyl groups excluding tert-OH is 1. The molecule has 138 valence electrons. The predicted octanol–water partition coefficient (Wildman–Crippen LogP) is 4.05. The Balaban J connectivity index is 1.54. The van der Waals surface area contributed by atoms with Crippen LogP contribution in [0, 0.1) is 5.41 Å². The summed E-state index contributed by atoms with van der Waals surface area (Å²) in [5.41, 5.74) is 3.34. The van der Waals surface area contributed by atoms with Crippen molar-refractivity contribution in [1.29, 1.82) is 0 Å². The van der Waals surface area contributed by atoms with E-state index in [4.69, 9.17) is 0 Å². The fourth-order valence-corrected chi connectivity index (χ4v) is 3.69. The first-order valence-corrected chi connectivity index (χ1v) is 9.36. The van der Waals surface area contributed by atoms with Crippen LogP contribution >= 0.6 is 0 Å². The van der Waals surface area contributed by atoms with E-state index in [1.807, 2.05) is 18.2 Å². The van der Waals surface area contributed by atoms with Gasteiger partial charge in [0.05, 0.1) is 6.61 Å². The van der Waals surface area contributed by atoms with E-state index in [9.17, 15) is 9.90 Å². The highest BCUT2D eigenvalue weighted by atomic mass is 16.3. The zero-order valence-electron chi connectivity index (χ0n) is 15.4. The molecule has 2 N–H and O–H groups in total. The third-order valence-corrected chi connectivity index (χ3v) is 5.44. The quantitative estimate of drug-likeness (QED) is 0.824. The molecule has 0 unspecified atom stereocenters. The zero-order chi connectivity index (χ0) is 18.4. The van der Waals surface area contributed by atoms with Crippen molar-refractivity contribution >= 4 is 6.03 Å². The van der Waals surface area contributed by atoms with Crippen molar-refractivity contribution in [2.45, 2.75) is 32.2 Å². The van der Waals surface area contributed by atoms with Gasteiger partial charge in [-0.15, -0.1) is 0 Å². The second-order valence-corrected chi connectivity index (χ2v) is 7.44.